The van der Waals surface area contributed by atoms with Gasteiger partial charge >= 0.3 is 0 Å². The van der Waals surface area contributed by atoms with Gasteiger partial charge in [-0.1, -0.05) is 95.7 Å². The SMILES string of the molecule is CCC(I)OC1CCN(CC[C@H](CSc2ccccc2)Nc2ccc(S(=O)(=O)NC(=O)c3ccc4c(c3)CC[C@@H]3CN(Cc5ccccc5-c5ccc(Cl)cc5)CCN43)cc2[N+](=O)[O-])CC1. The summed E-state index contributed by atoms with van der Waals surface area (Å²) in [7, 11) is -4.46. The van der Waals surface area contributed by atoms with E-state index < -0.39 is 20.9 Å². The first kappa shape index (κ1) is 48.2. The smallest absolute Gasteiger partial charge is 0.293 e. The summed E-state index contributed by atoms with van der Waals surface area (Å²) in [6, 6.07) is 35.7. The standard InChI is InChI=1S/C50H56ClIN6O6S2/c1-2-49(52)64-42-23-26-55(27-24-42)25-22-40(34-65-43-9-4-3-5-10-43)53-46-20-19-44(31-48(46)58(60)61)66(62,63)54-50(59)37-15-21-47-36(30-37)14-18-41-33-56(28-29-57(41)47)32-38-8-6-7-11-45(38)35-12-16-39(51)17-13-35/h3-13,15-17,19-21,30-31,40-42,49,53H,2,14,18,22-29,32-34H2,1H3,(H,54,59)/t40-,41-,49?/m1/s1. The average molecular weight is 1060 g/mol. The number of hydrogen-bond donors (Lipinski definition) is 2. The number of nitrogens with zero attached hydrogens (tertiary/aromatic N) is 4. The molecule has 0 radical (unpaired) electrons. The molecule has 0 saturated carbocycles. The molecule has 2 N–H and O–H groups in total. The van der Waals surface area contributed by atoms with Gasteiger partial charge in [0.25, 0.3) is 21.6 Å². The number of nitrogens with one attached hydrogen (secondary N) is 2. The van der Waals surface area contributed by atoms with Crippen LogP contribution in [0, 0.1) is 10.1 Å². The number of carbonyl (C=O) groups is 1. The quantitative estimate of drug-likeness (QED) is 0.0285. The normalized spacial score (nSPS) is 17.9. The van der Waals surface area contributed by atoms with E-state index in [0.717, 1.165) is 112 Å². The topological polar surface area (TPSA) is 137 Å². The minimum atomic E-state index is -4.46. The highest BCUT2D eigenvalue weighted by Crippen LogP contribution is 2.36. The first-order valence-electron chi connectivity index (χ1n) is 22.7. The Bertz CT molecular complexity index is 2580. The van der Waals surface area contributed by atoms with Gasteiger partial charge in [0.15, 0.2) is 0 Å². The number of hydrogen-bond acceptors (Lipinski definition) is 11. The number of benzene rings is 5. The summed E-state index contributed by atoms with van der Waals surface area (Å²) in [5.74, 6) is -0.149. The molecule has 66 heavy (non-hydrogen) atoms. The lowest BCUT2D eigenvalue weighted by Gasteiger charge is -2.46. The Morgan fingerprint density at radius 3 is 2.44 bits per heavy atom. The van der Waals surface area contributed by atoms with Crippen molar-refractivity contribution in [3.05, 3.63) is 147 Å². The van der Waals surface area contributed by atoms with Gasteiger partial charge in [-0.05, 0) is 115 Å². The summed E-state index contributed by atoms with van der Waals surface area (Å²) in [5.41, 5.74) is 5.71. The molecule has 0 spiro atoms. The van der Waals surface area contributed by atoms with Crippen LogP contribution in [0.3, 0.4) is 0 Å². The minimum Gasteiger partial charge on any atom is -0.376 e. The third-order valence-corrected chi connectivity index (χ3v) is 16.7. The molecule has 16 heteroatoms. The van der Waals surface area contributed by atoms with E-state index in [1.54, 1.807) is 23.9 Å². The number of nitro groups is 1. The van der Waals surface area contributed by atoms with Crippen LogP contribution in [0.15, 0.2) is 125 Å². The number of thioether (sulfide) groups is 1. The van der Waals surface area contributed by atoms with Crippen molar-refractivity contribution < 1.29 is 22.9 Å². The molecule has 0 aromatic heterocycles. The highest BCUT2D eigenvalue weighted by molar-refractivity contribution is 14.1. The molecule has 1 amide bonds. The zero-order chi connectivity index (χ0) is 46.2. The number of ether oxygens (including phenoxy) is 1. The number of piperidine rings is 1. The summed E-state index contributed by atoms with van der Waals surface area (Å²) in [6.07, 6.45) is 5.52. The van der Waals surface area contributed by atoms with Gasteiger partial charge < -0.3 is 19.9 Å². The predicted molar refractivity (Wildman–Crippen MR) is 274 cm³/mol. The Balaban J connectivity index is 0.899. The maximum absolute atomic E-state index is 13.7. The molecular weight excluding hydrogens is 1010 g/mol. The number of halogens is 2. The zero-order valence-corrected chi connectivity index (χ0v) is 41.5. The lowest BCUT2D eigenvalue weighted by atomic mass is 9.92. The van der Waals surface area contributed by atoms with Crippen molar-refractivity contribution in [2.45, 2.75) is 84.1 Å². The molecule has 0 aliphatic carbocycles. The molecular formula is C50H56ClIN6O6S2. The molecule has 3 atom stereocenters. The number of fused-ring (bicyclic) bond motifs is 3. The molecule has 12 nitrogen and oxygen atoms in total. The summed E-state index contributed by atoms with van der Waals surface area (Å²) < 4.78 is 36.0. The van der Waals surface area contributed by atoms with Crippen molar-refractivity contribution in [1.29, 1.82) is 0 Å². The monoisotopic (exact) mass is 1060 g/mol. The second-order valence-electron chi connectivity index (χ2n) is 17.2. The van der Waals surface area contributed by atoms with Crippen LogP contribution in [-0.4, -0.2) is 96.4 Å². The molecule has 5 aromatic rings. The lowest BCUT2D eigenvalue weighted by molar-refractivity contribution is -0.384. The van der Waals surface area contributed by atoms with Gasteiger partial charge in [-0.15, -0.1) is 11.8 Å². The molecule has 3 heterocycles. The van der Waals surface area contributed by atoms with Crippen LogP contribution < -0.4 is 14.9 Å². The Labute approximate surface area is 411 Å². The van der Waals surface area contributed by atoms with Gasteiger partial charge in [0, 0.05) is 90.9 Å². The van der Waals surface area contributed by atoms with Gasteiger partial charge in [-0.3, -0.25) is 19.8 Å². The van der Waals surface area contributed by atoms with E-state index in [4.69, 9.17) is 16.3 Å². The number of sulfonamides is 1. The number of anilines is 2. The number of nitro benzene ring substituents is 1. The van der Waals surface area contributed by atoms with Gasteiger partial charge in [0.1, 0.15) is 9.80 Å². The maximum atomic E-state index is 13.7. The van der Waals surface area contributed by atoms with Crippen LogP contribution in [0.4, 0.5) is 17.1 Å². The molecule has 3 aliphatic heterocycles. The maximum Gasteiger partial charge on any atom is 0.293 e. The van der Waals surface area contributed by atoms with E-state index in [9.17, 15) is 23.3 Å². The van der Waals surface area contributed by atoms with Crippen LogP contribution >= 0.6 is 46.0 Å². The molecule has 348 valence electrons. The van der Waals surface area contributed by atoms with Crippen molar-refractivity contribution in [3.8, 4) is 11.1 Å². The number of rotatable bonds is 18. The highest BCUT2D eigenvalue weighted by atomic mass is 127. The molecule has 2 fully saturated rings. The third kappa shape index (κ3) is 12.3. The van der Waals surface area contributed by atoms with E-state index in [0.29, 0.717) is 16.8 Å². The van der Waals surface area contributed by atoms with E-state index in [2.05, 4.69) is 90.7 Å². The fraction of sp³-hybridized carbons (Fsp3) is 0.380. The Kier molecular flexibility index (Phi) is 16.3. The number of amides is 1. The van der Waals surface area contributed by atoms with Crippen molar-refractivity contribution >= 4 is 78.9 Å². The van der Waals surface area contributed by atoms with Gasteiger partial charge in [0.05, 0.1) is 15.9 Å². The summed E-state index contributed by atoms with van der Waals surface area (Å²) in [5, 5.41) is 16.6. The highest BCUT2D eigenvalue weighted by Gasteiger charge is 2.33. The van der Waals surface area contributed by atoms with Gasteiger partial charge in [-0.25, -0.2) is 13.1 Å². The second-order valence-corrected chi connectivity index (χ2v) is 21.9. The average Bonchev–Trinajstić information content (AvgIpc) is 3.33. The minimum absolute atomic E-state index is 0.157. The van der Waals surface area contributed by atoms with E-state index in [1.165, 1.54) is 23.3 Å². The predicted octanol–water partition coefficient (Wildman–Crippen LogP) is 10.3. The molecule has 8 rings (SSSR count). The van der Waals surface area contributed by atoms with Crippen molar-refractivity contribution in [2.75, 3.05) is 55.2 Å². The van der Waals surface area contributed by atoms with Crippen LogP contribution in [-0.2, 0) is 27.7 Å². The fourth-order valence-corrected chi connectivity index (χ4v) is 11.7. The van der Waals surface area contributed by atoms with Crippen molar-refractivity contribution in [1.82, 2.24) is 14.5 Å². The first-order valence-corrected chi connectivity index (χ1v) is 26.8. The summed E-state index contributed by atoms with van der Waals surface area (Å²) in [4.78, 5) is 33.6. The Hall–Kier alpha value is -4.23. The van der Waals surface area contributed by atoms with Crippen LogP contribution in [0.5, 0.6) is 0 Å². The van der Waals surface area contributed by atoms with Crippen LogP contribution in [0.2, 0.25) is 5.02 Å². The van der Waals surface area contributed by atoms with Gasteiger partial charge in [-0.2, -0.15) is 0 Å². The number of aryl methyl sites for hydroxylation is 1. The molecule has 1 unspecified atom stereocenters. The number of carbonyl (C=O) groups excluding carboxylic acids is 1. The van der Waals surface area contributed by atoms with E-state index in [1.807, 2.05) is 48.5 Å². The van der Waals surface area contributed by atoms with E-state index in [-0.39, 0.29) is 38.1 Å². The number of alkyl halides is 1. The fourth-order valence-electron chi connectivity index (χ4n) is 9.20. The Morgan fingerprint density at radius 1 is 0.924 bits per heavy atom. The first-order chi connectivity index (χ1) is 31.9. The van der Waals surface area contributed by atoms with E-state index >= 15 is 0 Å². The molecule has 5 aromatic carbocycles. The molecule has 3 aliphatic rings. The van der Waals surface area contributed by atoms with Gasteiger partial charge in [0.2, 0.25) is 0 Å². The van der Waals surface area contributed by atoms with Crippen molar-refractivity contribution in [3.63, 3.8) is 0 Å². The Morgan fingerprint density at radius 2 is 1.68 bits per heavy atom. The van der Waals surface area contributed by atoms with Crippen LogP contribution in [0.25, 0.3) is 11.1 Å². The largest absolute Gasteiger partial charge is 0.376 e. The number of likely N-dealkylation sites (tertiary alicyclic amines) is 1. The summed E-state index contributed by atoms with van der Waals surface area (Å²) in [6.45, 7) is 8.18. The lowest BCUT2D eigenvalue weighted by Crippen LogP contribution is -2.54. The third-order valence-electron chi connectivity index (χ3n) is 12.8. The van der Waals surface area contributed by atoms with Crippen LogP contribution in [0.1, 0.15) is 60.5 Å². The number of piperazine rings is 1. The molecule has 2 saturated heterocycles. The summed E-state index contributed by atoms with van der Waals surface area (Å²) >= 11 is 10.2. The zero-order valence-electron chi connectivity index (χ0n) is 37.0. The molecule has 0 bridgehead atoms. The van der Waals surface area contributed by atoms with Crippen molar-refractivity contribution in [2.24, 2.45) is 0 Å². The second kappa shape index (κ2) is 22.3.